The van der Waals surface area contributed by atoms with Gasteiger partial charge < -0.3 is 89.9 Å². The Balaban J connectivity index is 1.47. The van der Waals surface area contributed by atoms with Gasteiger partial charge in [0.2, 0.25) is 5.91 Å². The summed E-state index contributed by atoms with van der Waals surface area (Å²) in [5.74, 6) is -0.302. The van der Waals surface area contributed by atoms with Crippen molar-refractivity contribution in [2.24, 2.45) is 0 Å². The molecule has 0 radical (unpaired) electrons. The summed E-state index contributed by atoms with van der Waals surface area (Å²) in [5.41, 5.74) is 0. The molecule has 3 fully saturated rings. The number of hydrogen-bond donors (Lipinski definition) is 12. The smallest absolute Gasteiger partial charge is 0.220 e. The van der Waals surface area contributed by atoms with E-state index in [1.54, 1.807) is 0 Å². The van der Waals surface area contributed by atoms with Gasteiger partial charge in [0.05, 0.1) is 38.6 Å². The fourth-order valence-electron chi connectivity index (χ4n) is 11.2. The zero-order valence-corrected chi connectivity index (χ0v) is 54.1. The summed E-state index contributed by atoms with van der Waals surface area (Å²) in [6.07, 6.45) is 38.0. The molecular weight excluding hydrogens is 1140 g/mol. The largest absolute Gasteiger partial charge is 0.394 e. The predicted molar refractivity (Wildman–Crippen MR) is 346 cm³/mol. The Kier molecular flexibility index (Phi) is 46.3. The van der Waals surface area contributed by atoms with Crippen LogP contribution >= 0.6 is 0 Å². The van der Waals surface area contributed by atoms with E-state index in [-0.39, 0.29) is 18.9 Å². The summed E-state index contributed by atoms with van der Waals surface area (Å²) in [7, 11) is 0. The number of unbranched alkanes of at least 4 members (excludes halogenated alkanes) is 21. The second-order valence-corrected chi connectivity index (χ2v) is 24.3. The standard InChI is InChI=1S/C70H121NO18/c1-3-5-7-9-11-13-15-17-19-21-23-25-26-28-30-32-34-36-38-40-42-44-46-48-58(76)71-53(54(75)47-45-43-41-39-37-35-33-31-29-27-24-22-20-18-16-14-12-10-8-6-4-2)52-84-68-64(82)61(79)66(56(50-73)86-68)89-70-65(83)62(80)67(57(51-74)87-70)88-69-63(81)60(78)59(77)55(49-72)85-69/h5,7,11,13,17,19,23,25,28,30,34,36,40,42,53-57,59-70,72-75,77-83H,3-4,6,8-10,12,14-16,18,20-22,24,26-27,29,31-33,35,37-39,41,43-52H2,1-2H3,(H,71,76)/b7-5-,13-11-,19-17-,25-23-,30-28-,36-34-,42-40-. The zero-order valence-electron chi connectivity index (χ0n) is 54.1. The van der Waals surface area contributed by atoms with Crippen LogP contribution in [0.2, 0.25) is 0 Å². The minimum absolute atomic E-state index is 0.182. The van der Waals surface area contributed by atoms with E-state index >= 15 is 0 Å². The molecule has 19 nitrogen and oxygen atoms in total. The third-order valence-electron chi connectivity index (χ3n) is 16.7. The van der Waals surface area contributed by atoms with E-state index in [9.17, 15) is 61.0 Å². The second-order valence-electron chi connectivity index (χ2n) is 24.3. The lowest BCUT2D eigenvalue weighted by Crippen LogP contribution is -2.66. The fourth-order valence-corrected chi connectivity index (χ4v) is 11.2. The normalized spacial score (nSPS) is 28.8. The number of allylic oxidation sites excluding steroid dienone is 14. The molecule has 19 heteroatoms. The van der Waals surface area contributed by atoms with Crippen molar-refractivity contribution in [2.75, 3.05) is 26.4 Å². The molecular formula is C70H121NO18. The molecule has 1 amide bonds. The van der Waals surface area contributed by atoms with Crippen LogP contribution in [0.5, 0.6) is 0 Å². The van der Waals surface area contributed by atoms with Gasteiger partial charge in [-0.15, -0.1) is 0 Å². The van der Waals surface area contributed by atoms with E-state index in [0.717, 1.165) is 64.2 Å². The van der Waals surface area contributed by atoms with Crippen LogP contribution in [0.15, 0.2) is 85.1 Å². The molecule has 514 valence electrons. The van der Waals surface area contributed by atoms with Gasteiger partial charge in [-0.25, -0.2) is 0 Å². The van der Waals surface area contributed by atoms with Crippen LogP contribution in [0.1, 0.15) is 219 Å². The van der Waals surface area contributed by atoms with Crippen molar-refractivity contribution in [1.82, 2.24) is 5.32 Å². The first kappa shape index (κ1) is 80.2. The number of rotatable bonds is 51. The first-order valence-electron chi connectivity index (χ1n) is 34.3. The summed E-state index contributed by atoms with van der Waals surface area (Å²) < 4.78 is 34.4. The Morgan fingerprint density at radius 2 is 0.764 bits per heavy atom. The van der Waals surface area contributed by atoms with Crippen LogP contribution in [0.3, 0.4) is 0 Å². The van der Waals surface area contributed by atoms with Crippen LogP contribution in [0, 0.1) is 0 Å². The number of aliphatic hydroxyl groups is 11. The molecule has 0 aromatic carbocycles. The molecule has 3 aliphatic rings. The molecule has 17 atom stereocenters. The van der Waals surface area contributed by atoms with Crippen LogP contribution in [-0.2, 0) is 33.2 Å². The average molecular weight is 1260 g/mol. The Bertz CT molecular complexity index is 1940. The van der Waals surface area contributed by atoms with E-state index in [1.165, 1.54) is 109 Å². The van der Waals surface area contributed by atoms with Crippen molar-refractivity contribution in [3.05, 3.63) is 85.1 Å². The Morgan fingerprint density at radius 3 is 1.17 bits per heavy atom. The Hall–Kier alpha value is -3.03. The number of nitrogens with one attached hydrogen (secondary N) is 1. The highest BCUT2D eigenvalue weighted by Crippen LogP contribution is 2.33. The monoisotopic (exact) mass is 1260 g/mol. The highest BCUT2D eigenvalue weighted by molar-refractivity contribution is 5.76. The van der Waals surface area contributed by atoms with Gasteiger partial charge >= 0.3 is 0 Å². The quantitative estimate of drug-likeness (QED) is 0.0200. The lowest BCUT2D eigenvalue weighted by Gasteiger charge is -2.48. The SMILES string of the molecule is CC/C=C\C/C=C\C/C=C\C/C=C\C/C=C\C/C=C\C/C=C\CCCC(=O)NC(COC1OC(CO)C(OC2OC(CO)C(OC3OC(CO)C(O)C(O)C3O)C(O)C2O)C(O)C1O)C(O)CCCCCCCCCCCCCCCCCCCCCCC. The lowest BCUT2D eigenvalue weighted by molar-refractivity contribution is -0.379. The first-order valence-corrected chi connectivity index (χ1v) is 34.3. The molecule has 0 aromatic heterocycles. The summed E-state index contributed by atoms with van der Waals surface area (Å²) in [6.45, 7) is 1.64. The maximum atomic E-state index is 13.4. The lowest BCUT2D eigenvalue weighted by atomic mass is 9.96. The molecule has 12 N–H and O–H groups in total. The van der Waals surface area contributed by atoms with Gasteiger partial charge in [-0.1, -0.05) is 234 Å². The fraction of sp³-hybridized carbons (Fsp3) is 0.786. The van der Waals surface area contributed by atoms with Crippen molar-refractivity contribution >= 4 is 5.91 Å². The number of ether oxygens (including phenoxy) is 6. The van der Waals surface area contributed by atoms with E-state index in [0.29, 0.717) is 25.7 Å². The van der Waals surface area contributed by atoms with E-state index in [2.05, 4.69) is 98.2 Å². The summed E-state index contributed by atoms with van der Waals surface area (Å²) in [6, 6.07) is -0.924. The van der Waals surface area contributed by atoms with E-state index in [1.807, 2.05) is 6.08 Å². The van der Waals surface area contributed by atoms with E-state index in [4.69, 9.17) is 28.4 Å². The number of aliphatic hydroxyl groups excluding tert-OH is 11. The molecule has 3 aliphatic heterocycles. The second kappa shape index (κ2) is 51.4. The molecule has 0 saturated carbocycles. The van der Waals surface area contributed by atoms with Crippen molar-refractivity contribution in [3.8, 4) is 0 Å². The summed E-state index contributed by atoms with van der Waals surface area (Å²) in [4.78, 5) is 13.4. The third-order valence-corrected chi connectivity index (χ3v) is 16.7. The van der Waals surface area contributed by atoms with Crippen LogP contribution in [-0.4, -0.2) is 193 Å². The zero-order chi connectivity index (χ0) is 64.7. The van der Waals surface area contributed by atoms with Crippen molar-refractivity contribution < 1.29 is 89.4 Å². The first-order chi connectivity index (χ1) is 43.3. The molecule has 0 bridgehead atoms. The van der Waals surface area contributed by atoms with Gasteiger partial charge in [-0.2, -0.15) is 0 Å². The number of carbonyl (C=O) groups excluding carboxylic acids is 1. The van der Waals surface area contributed by atoms with Gasteiger partial charge in [0.15, 0.2) is 18.9 Å². The third kappa shape index (κ3) is 33.6. The molecule has 0 aliphatic carbocycles. The molecule has 3 rings (SSSR count). The molecule has 3 heterocycles. The number of hydrogen-bond acceptors (Lipinski definition) is 18. The predicted octanol–water partition coefficient (Wildman–Crippen LogP) is 8.71. The van der Waals surface area contributed by atoms with Gasteiger partial charge in [0.1, 0.15) is 73.2 Å². The maximum absolute atomic E-state index is 13.4. The van der Waals surface area contributed by atoms with Gasteiger partial charge in [0.25, 0.3) is 0 Å². The van der Waals surface area contributed by atoms with Gasteiger partial charge in [-0.05, 0) is 64.2 Å². The maximum Gasteiger partial charge on any atom is 0.220 e. The molecule has 89 heavy (non-hydrogen) atoms. The van der Waals surface area contributed by atoms with Crippen LogP contribution < -0.4 is 5.32 Å². The number of carbonyl (C=O) groups is 1. The molecule has 3 saturated heterocycles. The van der Waals surface area contributed by atoms with Crippen LogP contribution in [0.25, 0.3) is 0 Å². The van der Waals surface area contributed by atoms with Gasteiger partial charge in [-0.3, -0.25) is 4.79 Å². The van der Waals surface area contributed by atoms with Crippen molar-refractivity contribution in [3.63, 3.8) is 0 Å². The summed E-state index contributed by atoms with van der Waals surface area (Å²) >= 11 is 0. The van der Waals surface area contributed by atoms with Crippen molar-refractivity contribution in [2.45, 2.75) is 324 Å². The topological polar surface area (TPSA) is 307 Å². The van der Waals surface area contributed by atoms with Crippen LogP contribution in [0.4, 0.5) is 0 Å². The minimum Gasteiger partial charge on any atom is -0.394 e. The molecule has 17 unspecified atom stereocenters. The van der Waals surface area contributed by atoms with E-state index < -0.39 is 124 Å². The average Bonchev–Trinajstić information content (AvgIpc) is 2.09. The van der Waals surface area contributed by atoms with Crippen molar-refractivity contribution in [1.29, 1.82) is 0 Å². The molecule has 0 aromatic rings. The Labute approximate surface area is 533 Å². The molecule has 0 spiro atoms. The minimum atomic E-state index is -1.98. The highest BCUT2D eigenvalue weighted by atomic mass is 16.8. The number of amides is 1. The highest BCUT2D eigenvalue weighted by Gasteiger charge is 2.53. The summed E-state index contributed by atoms with van der Waals surface area (Å²) in [5, 5.41) is 121. The van der Waals surface area contributed by atoms with Gasteiger partial charge in [0, 0.05) is 6.42 Å². The Morgan fingerprint density at radius 1 is 0.416 bits per heavy atom.